The molecule has 1 N–H and O–H groups in total. The van der Waals surface area contributed by atoms with Crippen molar-refractivity contribution >= 4 is 33.5 Å². The van der Waals surface area contributed by atoms with Crippen molar-refractivity contribution in [3.8, 4) is 0 Å². The van der Waals surface area contributed by atoms with Gasteiger partial charge in [0.2, 0.25) is 5.91 Å². The molecule has 4 rings (SSSR count). The number of fused-ring (bicyclic) bond motifs is 3. The van der Waals surface area contributed by atoms with E-state index in [9.17, 15) is 4.79 Å². The normalized spacial score (nSPS) is 11.2. The van der Waals surface area contributed by atoms with Gasteiger partial charge in [-0.1, -0.05) is 36.4 Å². The number of aromatic nitrogens is 3. The summed E-state index contributed by atoms with van der Waals surface area (Å²) in [5.41, 5.74) is 3.86. The fourth-order valence-electron chi connectivity index (χ4n) is 3.01. The number of benzene rings is 2. The smallest absolute Gasteiger partial charge is 0.244 e. The first-order valence-corrected chi connectivity index (χ1v) is 7.48. The summed E-state index contributed by atoms with van der Waals surface area (Å²) in [4.78, 5) is 12.4. The topological polar surface area (TPSA) is 51.9 Å². The molecule has 0 aliphatic heterocycles. The van der Waals surface area contributed by atoms with Gasteiger partial charge in [0.05, 0.1) is 22.7 Å². The van der Waals surface area contributed by atoms with Crippen LogP contribution in [0.5, 0.6) is 0 Å². The van der Waals surface area contributed by atoms with Crippen LogP contribution in [0.25, 0.3) is 21.9 Å². The highest BCUT2D eigenvalue weighted by atomic mass is 16.1. The molecular weight excluding hydrogens is 288 g/mol. The van der Waals surface area contributed by atoms with Crippen molar-refractivity contribution in [2.45, 2.75) is 6.54 Å². The SMILES string of the molecule is Cn1ncc2c1c1ccccc1n2CC(=O)Nc1ccccc1. The van der Waals surface area contributed by atoms with Crippen LogP contribution in [0.2, 0.25) is 0 Å². The Balaban J connectivity index is 1.74. The largest absolute Gasteiger partial charge is 0.328 e. The van der Waals surface area contributed by atoms with Crippen molar-refractivity contribution in [3.05, 3.63) is 60.8 Å². The standard InChI is InChI=1S/C18H16N4O/c1-21-18-14-9-5-6-10-15(14)22(16(18)11-19-21)12-17(23)20-13-7-3-2-4-8-13/h2-11H,12H2,1H3,(H,20,23). The fourth-order valence-corrected chi connectivity index (χ4v) is 3.01. The Kier molecular flexibility index (Phi) is 3.12. The average Bonchev–Trinajstić information content (AvgIpc) is 3.08. The average molecular weight is 304 g/mol. The molecule has 0 fully saturated rings. The van der Waals surface area contributed by atoms with Gasteiger partial charge >= 0.3 is 0 Å². The molecule has 0 aliphatic carbocycles. The number of nitrogens with zero attached hydrogens (tertiary/aromatic N) is 3. The molecule has 2 aromatic heterocycles. The fraction of sp³-hybridized carbons (Fsp3) is 0.111. The Labute approximate surface area is 133 Å². The maximum Gasteiger partial charge on any atom is 0.244 e. The van der Waals surface area contributed by atoms with Crippen LogP contribution in [-0.4, -0.2) is 20.3 Å². The number of anilines is 1. The van der Waals surface area contributed by atoms with E-state index in [0.717, 1.165) is 27.6 Å². The zero-order valence-electron chi connectivity index (χ0n) is 12.7. The highest BCUT2D eigenvalue weighted by Gasteiger charge is 2.15. The molecule has 4 aromatic rings. The maximum atomic E-state index is 12.4. The molecule has 0 atom stereocenters. The number of para-hydroxylation sites is 2. The summed E-state index contributed by atoms with van der Waals surface area (Å²) in [7, 11) is 1.92. The third-order valence-electron chi connectivity index (χ3n) is 4.02. The van der Waals surface area contributed by atoms with Gasteiger partial charge in [0, 0.05) is 18.1 Å². The summed E-state index contributed by atoms with van der Waals surface area (Å²) in [6.07, 6.45) is 1.81. The molecule has 0 bridgehead atoms. The van der Waals surface area contributed by atoms with Gasteiger partial charge in [-0.05, 0) is 18.2 Å². The minimum absolute atomic E-state index is 0.0530. The quantitative estimate of drug-likeness (QED) is 0.632. The minimum atomic E-state index is -0.0530. The summed E-state index contributed by atoms with van der Waals surface area (Å²) in [5, 5.41) is 8.36. The van der Waals surface area contributed by atoms with E-state index >= 15 is 0 Å². The lowest BCUT2D eigenvalue weighted by atomic mass is 10.2. The second kappa shape index (κ2) is 5.28. The zero-order chi connectivity index (χ0) is 15.8. The number of aryl methyl sites for hydroxylation is 1. The first-order valence-electron chi connectivity index (χ1n) is 7.48. The van der Waals surface area contributed by atoms with Gasteiger partial charge in [-0.15, -0.1) is 0 Å². The van der Waals surface area contributed by atoms with E-state index in [1.807, 2.05) is 71.0 Å². The molecule has 5 heteroatoms. The van der Waals surface area contributed by atoms with Crippen LogP contribution >= 0.6 is 0 Å². The lowest BCUT2D eigenvalue weighted by Gasteiger charge is -2.08. The van der Waals surface area contributed by atoms with Crippen molar-refractivity contribution in [2.24, 2.45) is 7.05 Å². The van der Waals surface area contributed by atoms with Crippen LogP contribution in [0.3, 0.4) is 0 Å². The van der Waals surface area contributed by atoms with Gasteiger partial charge in [-0.25, -0.2) is 0 Å². The Morgan fingerprint density at radius 2 is 1.78 bits per heavy atom. The summed E-state index contributed by atoms with van der Waals surface area (Å²) < 4.78 is 3.86. The van der Waals surface area contributed by atoms with Crippen LogP contribution in [0.4, 0.5) is 5.69 Å². The van der Waals surface area contributed by atoms with Crippen molar-refractivity contribution in [3.63, 3.8) is 0 Å². The number of amides is 1. The molecule has 5 nitrogen and oxygen atoms in total. The highest BCUT2D eigenvalue weighted by Crippen LogP contribution is 2.28. The molecule has 0 saturated carbocycles. The van der Waals surface area contributed by atoms with Gasteiger partial charge in [-0.3, -0.25) is 9.48 Å². The highest BCUT2D eigenvalue weighted by molar-refractivity contribution is 6.07. The Bertz CT molecular complexity index is 998. The van der Waals surface area contributed by atoms with E-state index in [1.165, 1.54) is 0 Å². The molecule has 23 heavy (non-hydrogen) atoms. The minimum Gasteiger partial charge on any atom is -0.328 e. The third-order valence-corrected chi connectivity index (χ3v) is 4.02. The van der Waals surface area contributed by atoms with E-state index in [4.69, 9.17) is 0 Å². The Morgan fingerprint density at radius 3 is 2.61 bits per heavy atom. The number of rotatable bonds is 3. The first-order chi connectivity index (χ1) is 11.2. The summed E-state index contributed by atoms with van der Waals surface area (Å²) in [6, 6.07) is 17.6. The Hall–Kier alpha value is -3.08. The molecule has 0 saturated heterocycles. The molecular formula is C18H16N4O. The van der Waals surface area contributed by atoms with Gasteiger partial charge < -0.3 is 9.88 Å². The second-order valence-electron chi connectivity index (χ2n) is 5.52. The molecule has 0 aliphatic rings. The number of nitrogens with one attached hydrogen (secondary N) is 1. The zero-order valence-corrected chi connectivity index (χ0v) is 12.7. The molecule has 0 radical (unpaired) electrons. The lowest BCUT2D eigenvalue weighted by Crippen LogP contribution is -2.18. The predicted molar refractivity (Wildman–Crippen MR) is 91.3 cm³/mol. The van der Waals surface area contributed by atoms with E-state index in [0.29, 0.717) is 0 Å². The van der Waals surface area contributed by atoms with Gasteiger partial charge in [0.1, 0.15) is 6.54 Å². The van der Waals surface area contributed by atoms with Crippen LogP contribution in [0, 0.1) is 0 Å². The van der Waals surface area contributed by atoms with Crippen LogP contribution in [0.1, 0.15) is 0 Å². The molecule has 0 spiro atoms. The number of carbonyl (C=O) groups excluding carboxylic acids is 1. The molecule has 1 amide bonds. The predicted octanol–water partition coefficient (Wildman–Crippen LogP) is 3.17. The molecule has 114 valence electrons. The lowest BCUT2D eigenvalue weighted by molar-refractivity contribution is -0.116. The van der Waals surface area contributed by atoms with E-state index in [2.05, 4.69) is 16.5 Å². The third kappa shape index (κ3) is 2.26. The van der Waals surface area contributed by atoms with Crippen molar-refractivity contribution in [1.82, 2.24) is 14.3 Å². The van der Waals surface area contributed by atoms with E-state index in [-0.39, 0.29) is 12.5 Å². The van der Waals surface area contributed by atoms with Gasteiger partial charge in [0.25, 0.3) is 0 Å². The van der Waals surface area contributed by atoms with Gasteiger partial charge in [0.15, 0.2) is 0 Å². The van der Waals surface area contributed by atoms with E-state index < -0.39 is 0 Å². The number of carbonyl (C=O) groups is 1. The monoisotopic (exact) mass is 304 g/mol. The first kappa shape index (κ1) is 13.6. The van der Waals surface area contributed by atoms with Crippen LogP contribution in [-0.2, 0) is 18.4 Å². The second-order valence-corrected chi connectivity index (χ2v) is 5.52. The Morgan fingerprint density at radius 1 is 1.04 bits per heavy atom. The van der Waals surface area contributed by atoms with Gasteiger partial charge in [-0.2, -0.15) is 5.10 Å². The molecule has 0 unspecified atom stereocenters. The molecule has 2 heterocycles. The van der Waals surface area contributed by atoms with Crippen LogP contribution < -0.4 is 5.32 Å². The van der Waals surface area contributed by atoms with Crippen LogP contribution in [0.15, 0.2) is 60.8 Å². The number of hydrogen-bond acceptors (Lipinski definition) is 2. The summed E-state index contributed by atoms with van der Waals surface area (Å²) in [6.45, 7) is 0.255. The van der Waals surface area contributed by atoms with E-state index in [1.54, 1.807) is 0 Å². The van der Waals surface area contributed by atoms with Crippen molar-refractivity contribution in [2.75, 3.05) is 5.32 Å². The summed E-state index contributed by atoms with van der Waals surface area (Å²) in [5.74, 6) is -0.0530. The molecule has 2 aromatic carbocycles. The van der Waals surface area contributed by atoms with Crippen molar-refractivity contribution < 1.29 is 4.79 Å². The summed E-state index contributed by atoms with van der Waals surface area (Å²) >= 11 is 0. The maximum absolute atomic E-state index is 12.4. The number of hydrogen-bond donors (Lipinski definition) is 1. The van der Waals surface area contributed by atoms with Crippen molar-refractivity contribution in [1.29, 1.82) is 0 Å².